The maximum absolute atomic E-state index is 11.6. The van der Waals surface area contributed by atoms with Gasteiger partial charge in [-0.15, -0.1) is 0 Å². The van der Waals surface area contributed by atoms with Crippen LogP contribution in [0.25, 0.3) is 0 Å². The van der Waals surface area contributed by atoms with Crippen molar-refractivity contribution >= 4 is 11.9 Å². The molecule has 0 aromatic rings. The van der Waals surface area contributed by atoms with Crippen molar-refractivity contribution in [3.05, 3.63) is 0 Å². The quantitative estimate of drug-likeness (QED) is 0.750. The minimum absolute atomic E-state index is 0.219. The fourth-order valence-corrected chi connectivity index (χ4v) is 3.27. The van der Waals surface area contributed by atoms with E-state index in [-0.39, 0.29) is 12.3 Å². The van der Waals surface area contributed by atoms with Crippen molar-refractivity contribution in [1.29, 1.82) is 0 Å². The van der Waals surface area contributed by atoms with E-state index >= 15 is 0 Å². The number of piperidine rings is 1. The number of carbonyl (C=O) groups is 2. The topological polar surface area (TPSA) is 57.6 Å². The molecular weight excluding hydrogens is 218 g/mol. The van der Waals surface area contributed by atoms with Crippen LogP contribution in [0.15, 0.2) is 0 Å². The van der Waals surface area contributed by atoms with Crippen molar-refractivity contribution < 1.29 is 14.7 Å². The first-order valence-electron chi connectivity index (χ1n) is 6.61. The average molecular weight is 239 g/mol. The van der Waals surface area contributed by atoms with Gasteiger partial charge in [-0.05, 0) is 31.1 Å². The molecule has 1 saturated carbocycles. The Kier molecular flexibility index (Phi) is 3.69. The number of aliphatic carboxylic acids is 1. The monoisotopic (exact) mass is 239 g/mol. The molecule has 96 valence electrons. The van der Waals surface area contributed by atoms with E-state index < -0.39 is 5.97 Å². The van der Waals surface area contributed by atoms with Gasteiger partial charge in [-0.1, -0.05) is 19.3 Å². The minimum atomic E-state index is -1.02. The number of nitrogens with zero attached hydrogens (tertiary/aromatic N) is 1. The highest BCUT2D eigenvalue weighted by Crippen LogP contribution is 2.44. The number of hydrogen-bond acceptors (Lipinski definition) is 2. The van der Waals surface area contributed by atoms with Crippen LogP contribution in [-0.4, -0.2) is 35.0 Å². The van der Waals surface area contributed by atoms with E-state index in [9.17, 15) is 9.59 Å². The summed E-state index contributed by atoms with van der Waals surface area (Å²) in [6, 6.07) is 0. The lowest BCUT2D eigenvalue weighted by molar-refractivity contribution is -0.145. The third-order valence-electron chi connectivity index (χ3n) is 4.39. The predicted octanol–water partition coefficient (Wildman–Crippen LogP) is 2.03. The van der Waals surface area contributed by atoms with Crippen molar-refractivity contribution in [2.24, 2.45) is 5.41 Å². The van der Waals surface area contributed by atoms with Gasteiger partial charge < -0.3 is 10.0 Å². The minimum Gasteiger partial charge on any atom is -0.481 e. The molecule has 0 atom stereocenters. The summed E-state index contributed by atoms with van der Waals surface area (Å²) in [7, 11) is 0. The van der Waals surface area contributed by atoms with Crippen LogP contribution in [0.3, 0.4) is 0 Å². The Labute approximate surface area is 102 Å². The van der Waals surface area contributed by atoms with Crippen molar-refractivity contribution in [3.63, 3.8) is 0 Å². The second-order valence-corrected chi connectivity index (χ2v) is 5.51. The molecule has 4 nitrogen and oxygen atoms in total. The smallest absolute Gasteiger partial charge is 0.312 e. The summed E-state index contributed by atoms with van der Waals surface area (Å²) in [6.45, 7) is 1.51. The molecule has 2 rings (SSSR count). The number of rotatable bonds is 2. The molecule has 1 N–H and O–H groups in total. The van der Waals surface area contributed by atoms with Gasteiger partial charge in [-0.25, -0.2) is 0 Å². The van der Waals surface area contributed by atoms with Crippen LogP contribution in [0, 0.1) is 5.41 Å². The molecule has 1 aliphatic carbocycles. The van der Waals surface area contributed by atoms with Crippen LogP contribution in [0.5, 0.6) is 0 Å². The van der Waals surface area contributed by atoms with Crippen LogP contribution >= 0.6 is 0 Å². The Morgan fingerprint density at radius 2 is 1.59 bits per heavy atom. The molecule has 4 heteroatoms. The summed E-state index contributed by atoms with van der Waals surface area (Å²) in [6.07, 6.45) is 8.38. The number of hydrogen-bond donors (Lipinski definition) is 1. The molecule has 0 aromatic heterocycles. The van der Waals surface area contributed by atoms with E-state index in [0.717, 1.165) is 25.9 Å². The summed E-state index contributed by atoms with van der Waals surface area (Å²) >= 11 is 0. The molecule has 0 bridgehead atoms. The van der Waals surface area contributed by atoms with Crippen LogP contribution < -0.4 is 0 Å². The van der Waals surface area contributed by atoms with E-state index in [0.29, 0.717) is 5.41 Å². The van der Waals surface area contributed by atoms with Crippen LogP contribution in [0.4, 0.5) is 0 Å². The lowest BCUT2D eigenvalue weighted by Crippen LogP contribution is -2.44. The highest BCUT2D eigenvalue weighted by Gasteiger charge is 2.36. The Morgan fingerprint density at radius 1 is 1.00 bits per heavy atom. The first kappa shape index (κ1) is 12.4. The fraction of sp³-hybridized carbons (Fsp3) is 0.846. The molecule has 1 aliphatic heterocycles. The number of carboxylic acid groups (broad SMARTS) is 1. The summed E-state index contributed by atoms with van der Waals surface area (Å²) in [5.41, 5.74) is 0.470. The number of carboxylic acids is 1. The molecule has 2 fully saturated rings. The van der Waals surface area contributed by atoms with Crippen molar-refractivity contribution in [1.82, 2.24) is 4.90 Å². The maximum atomic E-state index is 11.6. The number of amides is 1. The van der Waals surface area contributed by atoms with Gasteiger partial charge in [0.2, 0.25) is 5.91 Å². The van der Waals surface area contributed by atoms with Gasteiger partial charge in [-0.2, -0.15) is 0 Å². The molecule has 1 heterocycles. The van der Waals surface area contributed by atoms with E-state index in [1.165, 1.54) is 32.1 Å². The van der Waals surface area contributed by atoms with Crippen LogP contribution in [0.1, 0.15) is 51.4 Å². The third kappa shape index (κ3) is 2.99. The van der Waals surface area contributed by atoms with Gasteiger partial charge in [0.1, 0.15) is 6.42 Å². The number of carbonyl (C=O) groups excluding carboxylic acids is 1. The van der Waals surface area contributed by atoms with Gasteiger partial charge in [0.15, 0.2) is 0 Å². The molecule has 0 aromatic carbocycles. The summed E-state index contributed by atoms with van der Waals surface area (Å²) in [5, 5.41) is 8.61. The van der Waals surface area contributed by atoms with E-state index in [2.05, 4.69) is 0 Å². The average Bonchev–Trinajstić information content (AvgIpc) is 2.30. The first-order valence-corrected chi connectivity index (χ1v) is 6.61. The molecule has 1 spiro atoms. The highest BCUT2D eigenvalue weighted by molar-refractivity contribution is 5.93. The van der Waals surface area contributed by atoms with Crippen LogP contribution in [-0.2, 0) is 9.59 Å². The van der Waals surface area contributed by atoms with E-state index in [1.807, 2.05) is 0 Å². The zero-order chi connectivity index (χ0) is 12.3. The second kappa shape index (κ2) is 5.07. The van der Waals surface area contributed by atoms with Crippen molar-refractivity contribution in [2.45, 2.75) is 51.4 Å². The van der Waals surface area contributed by atoms with Gasteiger partial charge in [0, 0.05) is 13.1 Å². The zero-order valence-corrected chi connectivity index (χ0v) is 10.3. The molecule has 0 unspecified atom stereocenters. The Balaban J connectivity index is 1.84. The third-order valence-corrected chi connectivity index (χ3v) is 4.39. The summed E-state index contributed by atoms with van der Waals surface area (Å²) in [4.78, 5) is 23.9. The van der Waals surface area contributed by atoms with E-state index in [1.54, 1.807) is 4.90 Å². The van der Waals surface area contributed by atoms with Crippen LogP contribution in [0.2, 0.25) is 0 Å². The number of likely N-dealkylation sites (tertiary alicyclic amines) is 1. The summed E-state index contributed by atoms with van der Waals surface area (Å²) in [5.74, 6) is -1.24. The predicted molar refractivity (Wildman–Crippen MR) is 63.6 cm³/mol. The lowest BCUT2D eigenvalue weighted by atomic mass is 9.68. The van der Waals surface area contributed by atoms with Gasteiger partial charge in [-0.3, -0.25) is 9.59 Å². The molecule has 0 radical (unpaired) electrons. The van der Waals surface area contributed by atoms with Gasteiger partial charge in [0.25, 0.3) is 0 Å². The second-order valence-electron chi connectivity index (χ2n) is 5.51. The highest BCUT2D eigenvalue weighted by atomic mass is 16.4. The van der Waals surface area contributed by atoms with Crippen molar-refractivity contribution in [2.75, 3.05) is 13.1 Å². The largest absolute Gasteiger partial charge is 0.481 e. The Bertz CT molecular complexity index is 298. The SMILES string of the molecule is O=C(O)CC(=O)N1CCC2(CCCCC2)CC1. The molecule has 2 aliphatic rings. The standard InChI is InChI=1S/C13H21NO3/c15-11(10-12(16)17)14-8-6-13(7-9-14)4-2-1-3-5-13/h1-10H2,(H,16,17). The Hall–Kier alpha value is -1.06. The molecular formula is C13H21NO3. The van der Waals surface area contributed by atoms with Crippen molar-refractivity contribution in [3.8, 4) is 0 Å². The molecule has 1 amide bonds. The maximum Gasteiger partial charge on any atom is 0.312 e. The molecule has 1 saturated heterocycles. The zero-order valence-electron chi connectivity index (χ0n) is 10.3. The first-order chi connectivity index (χ1) is 8.11. The van der Waals surface area contributed by atoms with Gasteiger partial charge in [0.05, 0.1) is 0 Å². The fourth-order valence-electron chi connectivity index (χ4n) is 3.27. The Morgan fingerprint density at radius 3 is 2.12 bits per heavy atom. The van der Waals surface area contributed by atoms with Gasteiger partial charge >= 0.3 is 5.97 Å². The molecule has 17 heavy (non-hydrogen) atoms. The lowest BCUT2D eigenvalue weighted by Gasteiger charge is -2.44. The van der Waals surface area contributed by atoms with E-state index in [4.69, 9.17) is 5.11 Å². The normalized spacial score (nSPS) is 23.6. The summed E-state index contributed by atoms with van der Waals surface area (Å²) < 4.78 is 0.